The Hall–Kier alpha value is -1.55. The van der Waals surface area contributed by atoms with Gasteiger partial charge >= 0.3 is 0 Å². The molecule has 0 saturated carbocycles. The monoisotopic (exact) mass is 264 g/mol. The van der Waals surface area contributed by atoms with Gasteiger partial charge in [-0.2, -0.15) is 0 Å². The van der Waals surface area contributed by atoms with Gasteiger partial charge in [0.15, 0.2) is 0 Å². The summed E-state index contributed by atoms with van der Waals surface area (Å²) in [5.74, 6) is 5.79. The molecule has 0 aliphatic rings. The minimum atomic E-state index is -0.176. The molecule has 0 aromatic heterocycles. The van der Waals surface area contributed by atoms with Crippen LogP contribution in [0.4, 0.5) is 0 Å². The highest BCUT2D eigenvalue weighted by molar-refractivity contribution is 5.75. The van der Waals surface area contributed by atoms with Gasteiger partial charge in [0.1, 0.15) is 5.75 Å². The third-order valence-corrected chi connectivity index (χ3v) is 3.27. The Balaban J connectivity index is 3.08. The first kappa shape index (κ1) is 15.5. The van der Waals surface area contributed by atoms with Gasteiger partial charge in [0.2, 0.25) is 5.91 Å². The largest absolute Gasteiger partial charge is 0.507 e. The van der Waals surface area contributed by atoms with Crippen molar-refractivity contribution < 1.29 is 9.90 Å². The summed E-state index contributed by atoms with van der Waals surface area (Å²) in [6, 6.07) is 3.96. The molecule has 4 N–H and O–H groups in total. The molecule has 0 radical (unpaired) electrons. The van der Waals surface area contributed by atoms with E-state index in [2.05, 4.69) is 33.1 Å². The van der Waals surface area contributed by atoms with E-state index in [1.165, 1.54) is 0 Å². The molecule has 0 aliphatic heterocycles. The summed E-state index contributed by atoms with van der Waals surface area (Å²) >= 11 is 0. The molecule has 1 rings (SSSR count). The van der Waals surface area contributed by atoms with Crippen LogP contribution in [-0.4, -0.2) is 11.0 Å². The lowest BCUT2D eigenvalue weighted by Crippen LogP contribution is -2.30. The van der Waals surface area contributed by atoms with Gasteiger partial charge in [-0.3, -0.25) is 10.2 Å². The van der Waals surface area contributed by atoms with Crippen LogP contribution in [0.2, 0.25) is 0 Å². The molecule has 106 valence electrons. The quantitative estimate of drug-likeness (QED) is 0.434. The number of aromatic hydroxyl groups is 1. The van der Waals surface area contributed by atoms with Gasteiger partial charge in [0.05, 0.1) is 0 Å². The number of aryl methyl sites for hydroxylation is 1. The first-order valence-corrected chi connectivity index (χ1v) is 6.71. The predicted octanol–water partition coefficient (Wildman–Crippen LogP) is 2.56. The molecule has 0 bridgehead atoms. The Kier molecular flexibility index (Phi) is 5.36. The van der Waals surface area contributed by atoms with Crippen molar-refractivity contribution in [2.75, 3.05) is 0 Å². The minimum absolute atomic E-state index is 0.176. The van der Waals surface area contributed by atoms with Crippen molar-refractivity contribution in [1.29, 1.82) is 0 Å². The topological polar surface area (TPSA) is 75.4 Å². The number of carbonyl (C=O) groups is 1. The SMILES string of the molecule is CC(C)c1cc(CCC(=O)NN)cc(C(C)C)c1O. The van der Waals surface area contributed by atoms with Gasteiger partial charge in [-0.25, -0.2) is 5.84 Å². The lowest BCUT2D eigenvalue weighted by atomic mass is 9.90. The molecule has 0 spiro atoms. The van der Waals surface area contributed by atoms with E-state index in [4.69, 9.17) is 5.84 Å². The van der Waals surface area contributed by atoms with Gasteiger partial charge in [0, 0.05) is 6.42 Å². The molecule has 1 amide bonds. The van der Waals surface area contributed by atoms with Crippen molar-refractivity contribution in [3.63, 3.8) is 0 Å². The molecule has 4 nitrogen and oxygen atoms in total. The molecule has 0 saturated heterocycles. The Bertz CT molecular complexity index is 424. The predicted molar refractivity (Wildman–Crippen MR) is 76.9 cm³/mol. The third-order valence-electron chi connectivity index (χ3n) is 3.27. The van der Waals surface area contributed by atoms with Crippen molar-refractivity contribution in [2.24, 2.45) is 5.84 Å². The fraction of sp³-hybridized carbons (Fsp3) is 0.533. The first-order valence-electron chi connectivity index (χ1n) is 6.71. The number of nitrogens with two attached hydrogens (primary N) is 1. The van der Waals surface area contributed by atoms with Crippen molar-refractivity contribution in [3.05, 3.63) is 28.8 Å². The van der Waals surface area contributed by atoms with Crippen LogP contribution in [0.15, 0.2) is 12.1 Å². The highest BCUT2D eigenvalue weighted by Crippen LogP contribution is 2.35. The van der Waals surface area contributed by atoms with E-state index < -0.39 is 0 Å². The van der Waals surface area contributed by atoms with E-state index >= 15 is 0 Å². The lowest BCUT2D eigenvalue weighted by molar-refractivity contribution is -0.121. The molecule has 0 unspecified atom stereocenters. The van der Waals surface area contributed by atoms with Gasteiger partial charge in [-0.05, 0) is 34.9 Å². The molecule has 1 aromatic rings. The molecular weight excluding hydrogens is 240 g/mol. The van der Waals surface area contributed by atoms with Crippen LogP contribution in [-0.2, 0) is 11.2 Å². The van der Waals surface area contributed by atoms with Crippen LogP contribution in [0.25, 0.3) is 0 Å². The number of nitrogens with one attached hydrogen (secondary N) is 1. The van der Waals surface area contributed by atoms with E-state index in [0.29, 0.717) is 18.6 Å². The van der Waals surface area contributed by atoms with Crippen LogP contribution < -0.4 is 11.3 Å². The minimum Gasteiger partial charge on any atom is -0.507 e. The van der Waals surface area contributed by atoms with Crippen molar-refractivity contribution >= 4 is 5.91 Å². The number of amides is 1. The number of hydrogen-bond donors (Lipinski definition) is 3. The number of rotatable bonds is 5. The smallest absolute Gasteiger partial charge is 0.234 e. The summed E-state index contributed by atoms with van der Waals surface area (Å²) < 4.78 is 0. The van der Waals surface area contributed by atoms with Gasteiger partial charge in [-0.1, -0.05) is 39.8 Å². The zero-order valence-electron chi connectivity index (χ0n) is 12.2. The second kappa shape index (κ2) is 6.57. The van der Waals surface area contributed by atoms with E-state index in [1.807, 2.05) is 12.1 Å². The number of hydrogen-bond acceptors (Lipinski definition) is 3. The maximum Gasteiger partial charge on any atom is 0.234 e. The molecule has 0 atom stereocenters. The Morgan fingerprint density at radius 1 is 1.21 bits per heavy atom. The highest BCUT2D eigenvalue weighted by Gasteiger charge is 2.15. The van der Waals surface area contributed by atoms with Crippen LogP contribution in [0.5, 0.6) is 5.75 Å². The molecule has 0 heterocycles. The first-order chi connectivity index (χ1) is 8.86. The van der Waals surface area contributed by atoms with Crippen LogP contribution in [0.3, 0.4) is 0 Å². The molecule has 4 heteroatoms. The summed E-state index contributed by atoms with van der Waals surface area (Å²) in [5, 5.41) is 10.3. The fourth-order valence-electron chi connectivity index (χ4n) is 2.10. The van der Waals surface area contributed by atoms with E-state index in [0.717, 1.165) is 16.7 Å². The lowest BCUT2D eigenvalue weighted by Gasteiger charge is -2.17. The Labute approximate surface area is 115 Å². The fourth-order valence-corrected chi connectivity index (χ4v) is 2.10. The Morgan fingerprint density at radius 3 is 2.05 bits per heavy atom. The summed E-state index contributed by atoms with van der Waals surface area (Å²) in [4.78, 5) is 11.2. The summed E-state index contributed by atoms with van der Waals surface area (Å²) in [6.07, 6.45) is 0.985. The van der Waals surface area contributed by atoms with E-state index in [1.54, 1.807) is 0 Å². The normalized spacial score (nSPS) is 11.1. The molecular formula is C15H24N2O2. The molecule has 0 aliphatic carbocycles. The van der Waals surface area contributed by atoms with Crippen molar-refractivity contribution in [2.45, 2.75) is 52.4 Å². The second-order valence-corrected chi connectivity index (χ2v) is 5.50. The number of hydrazine groups is 1. The van der Waals surface area contributed by atoms with Gasteiger partial charge in [-0.15, -0.1) is 0 Å². The molecule has 1 aromatic carbocycles. The summed E-state index contributed by atoms with van der Waals surface area (Å²) in [5.41, 5.74) is 5.08. The van der Waals surface area contributed by atoms with Crippen molar-refractivity contribution in [3.8, 4) is 5.75 Å². The highest BCUT2D eigenvalue weighted by atomic mass is 16.3. The number of phenols is 1. The maximum absolute atomic E-state index is 11.2. The summed E-state index contributed by atoms with van der Waals surface area (Å²) in [6.45, 7) is 8.20. The number of phenolic OH excluding ortho intramolecular Hbond substituents is 1. The van der Waals surface area contributed by atoms with Crippen molar-refractivity contribution in [1.82, 2.24) is 5.43 Å². The van der Waals surface area contributed by atoms with Crippen LogP contribution in [0, 0.1) is 0 Å². The third kappa shape index (κ3) is 3.96. The second-order valence-electron chi connectivity index (χ2n) is 5.50. The van der Waals surface area contributed by atoms with Gasteiger partial charge < -0.3 is 5.11 Å². The summed E-state index contributed by atoms with van der Waals surface area (Å²) in [7, 11) is 0. The zero-order chi connectivity index (χ0) is 14.6. The van der Waals surface area contributed by atoms with E-state index in [-0.39, 0.29) is 17.7 Å². The van der Waals surface area contributed by atoms with Gasteiger partial charge in [0.25, 0.3) is 0 Å². The van der Waals surface area contributed by atoms with E-state index in [9.17, 15) is 9.90 Å². The zero-order valence-corrected chi connectivity index (χ0v) is 12.2. The van der Waals surface area contributed by atoms with Crippen LogP contribution in [0.1, 0.15) is 62.6 Å². The standard InChI is InChI=1S/C15H24N2O2/c1-9(2)12-7-11(5-6-14(18)17-16)8-13(10(3)4)15(12)19/h7-10,19H,5-6,16H2,1-4H3,(H,17,18). The number of carbonyl (C=O) groups excluding carboxylic acids is 1. The molecule has 0 fully saturated rings. The average Bonchev–Trinajstić information content (AvgIpc) is 2.36. The number of benzene rings is 1. The maximum atomic E-state index is 11.2. The molecule has 19 heavy (non-hydrogen) atoms. The van der Waals surface area contributed by atoms with Crippen LogP contribution >= 0.6 is 0 Å². The Morgan fingerprint density at radius 2 is 1.68 bits per heavy atom. The average molecular weight is 264 g/mol.